The van der Waals surface area contributed by atoms with E-state index < -0.39 is 20.6 Å². The normalized spacial score (nSPS) is 13.3. The predicted molar refractivity (Wildman–Crippen MR) is 356 cm³/mol. The number of hydrogen-bond acceptors (Lipinski definition) is 4. The van der Waals surface area contributed by atoms with Gasteiger partial charge in [-0.25, -0.2) is 29.1 Å². The molecule has 0 spiro atoms. The molecule has 17 nitrogen and oxygen atoms in total. The first-order valence-electron chi connectivity index (χ1n) is 34.1. The van der Waals surface area contributed by atoms with E-state index in [9.17, 15) is 0 Å². The van der Waals surface area contributed by atoms with Gasteiger partial charge in [-0.2, -0.15) is 13.7 Å². The lowest BCUT2D eigenvalue weighted by Crippen LogP contribution is -2.32. The third-order valence-corrected chi connectivity index (χ3v) is 17.2. The van der Waals surface area contributed by atoms with E-state index >= 15 is 0 Å². The van der Waals surface area contributed by atoms with Crippen LogP contribution >= 0.6 is 0 Å². The molecule has 0 saturated heterocycles. The average Bonchev–Trinajstić information content (AvgIpc) is 1.73. The molecule has 0 fully saturated rings. The summed E-state index contributed by atoms with van der Waals surface area (Å²) >= 11 is 0. The number of imidazole rings is 9. The Hall–Kier alpha value is -10.7. The Kier molecular flexibility index (Phi) is 13.0. The smallest absolute Gasteiger partial charge is 0.306 e. The summed E-state index contributed by atoms with van der Waals surface area (Å²) in [5.41, 5.74) is 18.1. The number of aryl methyl sites for hydroxylation is 17. The number of benzene rings is 3. The van der Waals surface area contributed by atoms with Crippen LogP contribution in [0.15, 0.2) is 184 Å². The molecule has 0 atom stereocenters. The van der Waals surface area contributed by atoms with Crippen molar-refractivity contribution in [3.05, 3.63) is 229 Å². The standard InChI is InChI=1S/2C21H23N4.C20H21N4.C11H14N5/c1-14-7-6-8-15(2)20(14)17-11-18(23(4)12-16(17)3)19-13-25-10-9-22-21(25)24(19)5;1-14-7-6-8-15(2)20(14)17-12-23(4)18(11-16(17)3)19-13-25-10-9-22-21(25)24(19)5;1-14-7-5-6-8-16(14)17-12-22(3)18(11-15(17)2)19-13-24-10-9-21-20(24)23(19)4;1-13-6-7-14(2)10(13)9-8-16-5-4-12-11(16)15(9)3/h2*6-13H,1-5H3;5-13H,1-4H3;4-8H,1-3H3/q4*+1/i1D3,2D3,3D3;;;. The highest BCUT2D eigenvalue weighted by atomic mass is 15.2. The number of fused-ring (bicyclic) bond motifs is 4. The highest BCUT2D eigenvalue weighted by Crippen LogP contribution is 2.34. The van der Waals surface area contributed by atoms with Crippen molar-refractivity contribution in [3.8, 4) is 79.1 Å². The molecule has 0 radical (unpaired) electrons. The fraction of sp³-hybridized carbons (Fsp3) is 0.233. The van der Waals surface area contributed by atoms with E-state index in [2.05, 4.69) is 209 Å². The van der Waals surface area contributed by atoms with Crippen molar-refractivity contribution >= 4 is 23.1 Å². The average molecular weight is 1210 g/mol. The molecule has 90 heavy (non-hydrogen) atoms. The number of hydrogen-bond donors (Lipinski definition) is 0. The van der Waals surface area contributed by atoms with Crippen molar-refractivity contribution in [3.63, 3.8) is 0 Å². The van der Waals surface area contributed by atoms with Gasteiger partial charge >= 0.3 is 5.82 Å². The summed E-state index contributed by atoms with van der Waals surface area (Å²) in [5, 5.41) is 0. The maximum atomic E-state index is 8.11. The van der Waals surface area contributed by atoms with Crippen LogP contribution in [0.3, 0.4) is 0 Å². The molecule has 0 aliphatic heterocycles. The third kappa shape index (κ3) is 10.7. The molecule has 15 rings (SSSR count). The summed E-state index contributed by atoms with van der Waals surface area (Å²) < 4.78 is 98.9. The van der Waals surface area contributed by atoms with E-state index in [4.69, 9.17) is 12.3 Å². The minimum Gasteiger partial charge on any atom is -0.308 e. The Morgan fingerprint density at radius 1 is 0.356 bits per heavy atom. The van der Waals surface area contributed by atoms with Gasteiger partial charge in [0, 0.05) is 150 Å². The number of pyridine rings is 3. The van der Waals surface area contributed by atoms with Gasteiger partial charge < -0.3 is 18.3 Å². The largest absolute Gasteiger partial charge is 0.308 e. The number of aromatic nitrogens is 17. The van der Waals surface area contributed by atoms with Crippen LogP contribution < -0.4 is 18.3 Å². The fourth-order valence-electron chi connectivity index (χ4n) is 12.5. The molecule has 0 aliphatic rings. The number of rotatable bonds is 7. The van der Waals surface area contributed by atoms with Gasteiger partial charge in [0.05, 0.1) is 14.1 Å². The maximum Gasteiger partial charge on any atom is 0.306 e. The summed E-state index contributed by atoms with van der Waals surface area (Å²) in [7, 11) is 18.0. The quantitative estimate of drug-likeness (QED) is 0.148. The summed E-state index contributed by atoms with van der Waals surface area (Å²) in [5.74, 6) is 4.67. The van der Waals surface area contributed by atoms with Gasteiger partial charge in [0.25, 0.3) is 0 Å². The van der Waals surface area contributed by atoms with Gasteiger partial charge in [-0.1, -0.05) is 60.7 Å². The predicted octanol–water partition coefficient (Wildman–Crippen LogP) is 11.5. The second kappa shape index (κ2) is 23.8. The Morgan fingerprint density at radius 3 is 1.19 bits per heavy atom. The van der Waals surface area contributed by atoms with E-state index in [1.807, 2.05) is 85.9 Å². The number of nitrogens with zero attached hydrogens (tertiary/aromatic N) is 17. The van der Waals surface area contributed by atoms with Crippen molar-refractivity contribution in [1.29, 1.82) is 0 Å². The first-order valence-corrected chi connectivity index (χ1v) is 29.6. The molecule has 0 amide bonds. The van der Waals surface area contributed by atoms with Gasteiger partial charge in [0.1, 0.15) is 50.6 Å². The molecule has 12 aromatic heterocycles. The van der Waals surface area contributed by atoms with E-state index in [1.165, 1.54) is 85.9 Å². The summed E-state index contributed by atoms with van der Waals surface area (Å²) in [6, 6.07) is 25.1. The molecular weight excluding hydrogens is 1110 g/mol. The zero-order valence-electron chi connectivity index (χ0n) is 62.4. The minimum atomic E-state index is -2.66. The van der Waals surface area contributed by atoms with Crippen LogP contribution in [0.1, 0.15) is 56.8 Å². The van der Waals surface area contributed by atoms with Gasteiger partial charge in [-0.15, -0.1) is 0 Å². The molecule has 0 unspecified atom stereocenters. The monoisotopic (exact) mass is 1200 g/mol. The molecular formula is C73H81N17+4. The second-order valence-electron chi connectivity index (χ2n) is 23.3. The lowest BCUT2D eigenvalue weighted by molar-refractivity contribution is -0.660. The second-order valence-corrected chi connectivity index (χ2v) is 23.3. The first-order chi connectivity index (χ1) is 46.8. The molecule has 0 saturated carbocycles. The minimum absolute atomic E-state index is 0.0461. The lowest BCUT2D eigenvalue weighted by atomic mass is 9.93. The van der Waals surface area contributed by atoms with Crippen LogP contribution in [0.2, 0.25) is 0 Å². The summed E-state index contributed by atoms with van der Waals surface area (Å²) in [6.45, 7) is 2.96. The van der Waals surface area contributed by atoms with Crippen LogP contribution in [-0.4, -0.2) is 60.4 Å². The lowest BCUT2D eigenvalue weighted by Gasteiger charge is -2.13. The van der Waals surface area contributed by atoms with Crippen LogP contribution in [0.4, 0.5) is 0 Å². The van der Waals surface area contributed by atoms with E-state index in [1.54, 1.807) is 41.5 Å². The fourth-order valence-corrected chi connectivity index (χ4v) is 12.5. The Bertz CT molecular complexity index is 5480. The Labute approximate surface area is 538 Å². The van der Waals surface area contributed by atoms with Crippen molar-refractivity contribution < 1.29 is 30.6 Å². The summed E-state index contributed by atoms with van der Waals surface area (Å²) in [4.78, 5) is 17.4. The topological polar surface area (TPSA) is 109 Å². The van der Waals surface area contributed by atoms with Crippen molar-refractivity contribution in [2.75, 3.05) is 0 Å². The van der Waals surface area contributed by atoms with Crippen molar-refractivity contribution in [1.82, 2.24) is 60.4 Å². The summed E-state index contributed by atoms with van der Waals surface area (Å²) in [6.07, 6.45) is 33.0. The van der Waals surface area contributed by atoms with E-state index in [0.717, 1.165) is 40.2 Å². The highest BCUT2D eigenvalue weighted by Gasteiger charge is 2.25. The van der Waals surface area contributed by atoms with Gasteiger partial charge in [-0.05, 0) is 116 Å². The molecule has 0 bridgehead atoms. The van der Waals surface area contributed by atoms with Gasteiger partial charge in [0.15, 0.2) is 24.3 Å². The maximum absolute atomic E-state index is 8.11. The molecule has 0 N–H and O–H groups in total. The molecule has 12 heterocycles. The van der Waals surface area contributed by atoms with Crippen LogP contribution in [0.25, 0.3) is 102 Å². The molecule has 17 heteroatoms. The van der Waals surface area contributed by atoms with Crippen LogP contribution in [0.5, 0.6) is 0 Å². The van der Waals surface area contributed by atoms with E-state index in [0.29, 0.717) is 17.2 Å². The zero-order valence-corrected chi connectivity index (χ0v) is 53.4. The van der Waals surface area contributed by atoms with Crippen molar-refractivity contribution in [2.24, 2.45) is 63.4 Å². The van der Waals surface area contributed by atoms with Crippen LogP contribution in [-0.2, 0) is 63.4 Å². The SMILES string of the molecule is Cc1cc(-c2cn3ccnc3n2C)[n+](C)cc1-c1c(C)cccc1C.Cc1ccccc1-c1c[n+](C)c(-c2cn3ccnc3n2C)cc1C.Cn1cc[n+](C)c1-c1cn2ccnc2n1C.[2H]C([2H])([2H])c1c[n+](C)c(-c2cn3ccnc3n2C)cc1-c1c(C([2H])([2H])[2H])cccc1C([2H])([2H])[2H]. The molecule has 454 valence electrons. The molecule has 0 aliphatic carbocycles. The Morgan fingerprint density at radius 2 is 0.744 bits per heavy atom. The van der Waals surface area contributed by atoms with Gasteiger partial charge in [0.2, 0.25) is 40.2 Å². The Balaban J connectivity index is 0.000000129. The zero-order chi connectivity index (χ0) is 71.1. The highest BCUT2D eigenvalue weighted by molar-refractivity contribution is 5.77. The van der Waals surface area contributed by atoms with E-state index in [-0.39, 0.29) is 27.8 Å². The molecule has 3 aromatic carbocycles. The first kappa shape index (κ1) is 49.3. The van der Waals surface area contributed by atoms with Crippen LogP contribution in [0, 0.1) is 55.2 Å². The molecule has 15 aromatic rings. The third-order valence-electron chi connectivity index (χ3n) is 17.2. The van der Waals surface area contributed by atoms with Gasteiger partial charge in [-0.3, -0.25) is 17.6 Å². The van der Waals surface area contributed by atoms with Crippen molar-refractivity contribution in [2.45, 2.75) is 55.2 Å².